The van der Waals surface area contributed by atoms with Crippen LogP contribution >= 0.6 is 0 Å². The average molecular weight is 410 g/mol. The number of hydrogen-bond acceptors (Lipinski definition) is 7. The Kier molecular flexibility index (Phi) is 5.42. The van der Waals surface area contributed by atoms with Crippen molar-refractivity contribution >= 4 is 17.0 Å². The number of benzene rings is 1. The predicted molar refractivity (Wildman–Crippen MR) is 111 cm³/mol. The Bertz CT molecular complexity index is 1130. The molecular formula is C21H23FN6O2. The zero-order valence-electron chi connectivity index (χ0n) is 16.9. The molecule has 0 saturated carbocycles. The number of halogens is 1. The van der Waals surface area contributed by atoms with Gasteiger partial charge in [-0.2, -0.15) is 14.4 Å². The van der Waals surface area contributed by atoms with Crippen molar-refractivity contribution in [3.63, 3.8) is 0 Å². The molecule has 0 fully saturated rings. The van der Waals surface area contributed by atoms with Crippen LogP contribution in [0.1, 0.15) is 37.2 Å². The molecular weight excluding hydrogens is 387 g/mol. The van der Waals surface area contributed by atoms with E-state index in [9.17, 15) is 4.39 Å². The molecule has 4 rings (SSSR count). The maximum absolute atomic E-state index is 13.9. The van der Waals surface area contributed by atoms with E-state index in [4.69, 9.17) is 21.6 Å². The third kappa shape index (κ3) is 3.86. The highest BCUT2D eigenvalue weighted by atomic mass is 19.1. The molecule has 2 aromatic heterocycles. The summed E-state index contributed by atoms with van der Waals surface area (Å²) in [4.78, 5) is 12.2. The van der Waals surface area contributed by atoms with Crippen molar-refractivity contribution in [2.45, 2.75) is 39.3 Å². The normalized spacial score (nSPS) is 12.6. The van der Waals surface area contributed by atoms with E-state index in [1.54, 1.807) is 6.07 Å². The lowest BCUT2D eigenvalue weighted by molar-refractivity contribution is 0.174. The number of anilines is 1. The minimum atomic E-state index is -0.875. The SMILES string of the molecule is C#Cc1cc2c(cc1Cc1nc3c(N)nc(F)nc3n1CCCNC(C)C)OCO2. The van der Waals surface area contributed by atoms with E-state index in [0.717, 1.165) is 18.5 Å². The second kappa shape index (κ2) is 8.16. The zero-order chi connectivity index (χ0) is 21.3. The van der Waals surface area contributed by atoms with Crippen LogP contribution in [-0.4, -0.2) is 38.9 Å². The van der Waals surface area contributed by atoms with Crippen molar-refractivity contribution in [1.29, 1.82) is 0 Å². The second-order valence-electron chi connectivity index (χ2n) is 7.38. The lowest BCUT2D eigenvalue weighted by atomic mass is 10.0. The number of nitrogens with one attached hydrogen (secondary N) is 1. The molecule has 0 spiro atoms. The van der Waals surface area contributed by atoms with Crippen LogP contribution in [0.2, 0.25) is 0 Å². The summed E-state index contributed by atoms with van der Waals surface area (Å²) in [6.07, 6.45) is 6.05. The summed E-state index contributed by atoms with van der Waals surface area (Å²) in [6, 6.07) is 4.02. The van der Waals surface area contributed by atoms with E-state index in [0.29, 0.717) is 53.1 Å². The molecule has 156 valence electrons. The monoisotopic (exact) mass is 410 g/mol. The first-order valence-corrected chi connectivity index (χ1v) is 9.77. The van der Waals surface area contributed by atoms with Crippen molar-refractivity contribution < 1.29 is 13.9 Å². The minimum absolute atomic E-state index is 0.0145. The molecule has 0 saturated heterocycles. The third-order valence-electron chi connectivity index (χ3n) is 4.89. The van der Waals surface area contributed by atoms with Gasteiger partial charge in [0.15, 0.2) is 28.5 Å². The number of ether oxygens (including phenoxy) is 2. The van der Waals surface area contributed by atoms with Crippen LogP contribution in [0, 0.1) is 18.4 Å². The van der Waals surface area contributed by atoms with E-state index >= 15 is 0 Å². The number of terminal acetylenes is 1. The van der Waals surface area contributed by atoms with Gasteiger partial charge in [-0.1, -0.05) is 19.8 Å². The van der Waals surface area contributed by atoms with Crippen LogP contribution < -0.4 is 20.5 Å². The van der Waals surface area contributed by atoms with Crippen molar-refractivity contribution in [3.05, 3.63) is 35.2 Å². The van der Waals surface area contributed by atoms with Gasteiger partial charge in [-0.25, -0.2) is 4.98 Å². The van der Waals surface area contributed by atoms with Crippen LogP contribution in [0.4, 0.5) is 10.2 Å². The summed E-state index contributed by atoms with van der Waals surface area (Å²) < 4.78 is 26.6. The molecule has 1 aliphatic heterocycles. The van der Waals surface area contributed by atoms with Gasteiger partial charge in [0, 0.05) is 30.6 Å². The minimum Gasteiger partial charge on any atom is -0.454 e. The molecule has 3 heterocycles. The van der Waals surface area contributed by atoms with Gasteiger partial charge >= 0.3 is 6.08 Å². The molecule has 9 heteroatoms. The summed E-state index contributed by atoms with van der Waals surface area (Å²) in [5.41, 5.74) is 8.20. The Morgan fingerprint density at radius 2 is 2.03 bits per heavy atom. The van der Waals surface area contributed by atoms with E-state index in [1.165, 1.54) is 0 Å². The van der Waals surface area contributed by atoms with Crippen molar-refractivity contribution in [2.75, 3.05) is 19.1 Å². The third-order valence-corrected chi connectivity index (χ3v) is 4.89. The topological polar surface area (TPSA) is 100 Å². The Labute approximate surface area is 173 Å². The number of fused-ring (bicyclic) bond motifs is 2. The van der Waals surface area contributed by atoms with Crippen LogP contribution in [-0.2, 0) is 13.0 Å². The van der Waals surface area contributed by atoms with Crippen LogP contribution in [0.3, 0.4) is 0 Å². The molecule has 1 aromatic carbocycles. The molecule has 0 amide bonds. The quantitative estimate of drug-likeness (QED) is 0.350. The molecule has 0 radical (unpaired) electrons. The fourth-order valence-electron chi connectivity index (χ4n) is 3.47. The highest BCUT2D eigenvalue weighted by Gasteiger charge is 2.21. The molecule has 1 aliphatic rings. The molecule has 8 nitrogen and oxygen atoms in total. The second-order valence-corrected chi connectivity index (χ2v) is 7.38. The summed E-state index contributed by atoms with van der Waals surface area (Å²) in [6.45, 7) is 5.73. The fourth-order valence-corrected chi connectivity index (χ4v) is 3.47. The fraction of sp³-hybridized carbons (Fsp3) is 0.381. The number of nitrogens with zero attached hydrogens (tertiary/aromatic N) is 4. The number of hydrogen-bond donors (Lipinski definition) is 2. The predicted octanol–water partition coefficient (Wildman–Crippen LogP) is 2.24. The first-order chi connectivity index (χ1) is 14.5. The standard InChI is InChI=1S/C21H23FN6O2/c1-4-13-8-15-16(30-11-29-15)9-14(13)10-17-25-18-19(23)26-21(22)27-20(18)28(17)7-5-6-24-12(2)3/h1,8-9,12,24H,5-7,10-11H2,2-3H3,(H2,23,26,27). The maximum atomic E-state index is 13.9. The first kappa shape index (κ1) is 19.9. The van der Waals surface area contributed by atoms with Gasteiger partial charge in [0.1, 0.15) is 5.82 Å². The average Bonchev–Trinajstić information content (AvgIpc) is 3.29. The van der Waals surface area contributed by atoms with Gasteiger partial charge in [0.25, 0.3) is 0 Å². The van der Waals surface area contributed by atoms with E-state index in [-0.39, 0.29) is 12.6 Å². The van der Waals surface area contributed by atoms with E-state index < -0.39 is 6.08 Å². The molecule has 3 aromatic rings. The summed E-state index contributed by atoms with van der Waals surface area (Å²) in [7, 11) is 0. The number of imidazole rings is 1. The Morgan fingerprint density at radius 1 is 1.27 bits per heavy atom. The van der Waals surface area contributed by atoms with E-state index in [2.05, 4.69) is 40.0 Å². The lowest BCUT2D eigenvalue weighted by Gasteiger charge is -2.12. The van der Waals surface area contributed by atoms with Crippen LogP contribution in [0.25, 0.3) is 11.2 Å². The molecule has 0 aliphatic carbocycles. The number of nitrogen functional groups attached to an aromatic ring is 1. The number of aromatic nitrogens is 4. The smallest absolute Gasteiger partial charge is 0.312 e. The number of nitrogens with two attached hydrogens (primary N) is 1. The van der Waals surface area contributed by atoms with Crippen molar-refractivity contribution in [3.8, 4) is 23.8 Å². The Morgan fingerprint density at radius 3 is 2.77 bits per heavy atom. The highest BCUT2D eigenvalue weighted by Crippen LogP contribution is 2.35. The first-order valence-electron chi connectivity index (χ1n) is 9.77. The molecule has 3 N–H and O–H groups in total. The van der Waals surface area contributed by atoms with Crippen LogP contribution in [0.5, 0.6) is 11.5 Å². The van der Waals surface area contributed by atoms with Gasteiger partial charge < -0.3 is 25.1 Å². The molecule has 0 unspecified atom stereocenters. The maximum Gasteiger partial charge on any atom is 0.312 e. The Hall–Kier alpha value is -3.38. The molecule has 0 bridgehead atoms. The van der Waals surface area contributed by atoms with Gasteiger partial charge in [0.05, 0.1) is 0 Å². The molecule has 30 heavy (non-hydrogen) atoms. The van der Waals surface area contributed by atoms with Gasteiger partial charge in [-0.3, -0.25) is 0 Å². The number of rotatable bonds is 7. The zero-order valence-corrected chi connectivity index (χ0v) is 16.9. The number of aryl methyl sites for hydroxylation is 1. The largest absolute Gasteiger partial charge is 0.454 e. The van der Waals surface area contributed by atoms with E-state index in [1.807, 2.05) is 10.6 Å². The summed E-state index contributed by atoms with van der Waals surface area (Å²) >= 11 is 0. The highest BCUT2D eigenvalue weighted by molar-refractivity contribution is 5.82. The lowest BCUT2D eigenvalue weighted by Crippen LogP contribution is -2.24. The van der Waals surface area contributed by atoms with Gasteiger partial charge in [0.2, 0.25) is 6.79 Å². The van der Waals surface area contributed by atoms with Gasteiger partial charge in [-0.15, -0.1) is 6.42 Å². The van der Waals surface area contributed by atoms with Crippen molar-refractivity contribution in [2.24, 2.45) is 0 Å². The summed E-state index contributed by atoms with van der Waals surface area (Å²) in [5, 5.41) is 3.37. The van der Waals surface area contributed by atoms with Gasteiger partial charge in [-0.05, 0) is 24.6 Å². The Balaban J connectivity index is 1.72. The summed E-state index contributed by atoms with van der Waals surface area (Å²) in [5.74, 6) is 4.64. The molecule has 0 atom stereocenters. The van der Waals surface area contributed by atoms with Crippen molar-refractivity contribution in [1.82, 2.24) is 24.8 Å². The van der Waals surface area contributed by atoms with Crippen LogP contribution in [0.15, 0.2) is 12.1 Å².